The van der Waals surface area contributed by atoms with Gasteiger partial charge in [-0.05, 0) is 174 Å². The summed E-state index contributed by atoms with van der Waals surface area (Å²) in [6, 6.07) is 4.81. The number of rotatable bonds is 45. The summed E-state index contributed by atoms with van der Waals surface area (Å²) in [5.74, 6) is 0. The average molecular weight is 1320 g/mol. The zero-order valence-corrected chi connectivity index (χ0v) is 61.5. The molecule has 428 valence electrons. The third-order valence-corrected chi connectivity index (χ3v) is 36.2. The van der Waals surface area contributed by atoms with Gasteiger partial charge in [-0.25, -0.2) is 0 Å². The second kappa shape index (κ2) is 46.4. The first-order valence-corrected chi connectivity index (χ1v) is 49.0. The van der Waals surface area contributed by atoms with Crippen LogP contribution in [-0.4, -0.2) is 136 Å². The molecule has 0 rings (SSSR count). The number of nitrogens with zero attached hydrogens (tertiary/aromatic N) is 2. The van der Waals surface area contributed by atoms with Crippen molar-refractivity contribution in [2.75, 3.05) is 76.7 Å². The average Bonchev–Trinajstić information content (AvgIpc) is 3.25. The molecule has 0 aliphatic carbocycles. The maximum atomic E-state index is 6.77. The van der Waals surface area contributed by atoms with Gasteiger partial charge in [0.25, 0.3) is 0 Å². The van der Waals surface area contributed by atoms with E-state index in [0.29, 0.717) is 0 Å². The van der Waals surface area contributed by atoms with E-state index in [-0.39, 0.29) is 24.0 Å². The number of ether oxygens (including phenoxy) is 2. The first kappa shape index (κ1) is 78.9. The fourth-order valence-corrected chi connectivity index (χ4v) is 38.2. The Bertz CT molecular complexity index is 1110. The van der Waals surface area contributed by atoms with Gasteiger partial charge in [0, 0.05) is 17.6 Å². The Labute approximate surface area is 478 Å². The number of hydrogen-bond donors (Lipinski definition) is 0. The summed E-state index contributed by atoms with van der Waals surface area (Å²) in [5, 5.41) is 0. The van der Waals surface area contributed by atoms with E-state index in [4.69, 9.17) is 25.9 Å². The molecule has 0 N–H and O–H groups in total. The van der Waals surface area contributed by atoms with E-state index < -0.39 is 50.4 Å². The topological polar surface area (TPSA) is 58.6 Å². The molecule has 0 saturated carbocycles. The standard InChI is InChI=1S/C27H64NO3Si3.C15H37IO3Si3.C12H27N.HI/c1-11-15-20-28(21-16-12-2,22-17-13-3)23-25-29-24-19-27-33(7,8)31-34(9,10)30-32(5,6)26-18-14-4;1-8-9-14-20(2,3)18-22(6,7)19-21(4,5)15-10-12-17-13-11-16;1-4-7-10-13(11-8-5-2)12-9-6-3;/h11-27H2,1-10H3;8-15H2,1-7H3;4-12H2,1-3H3;1H/q+1;;;/p-1. The first-order chi connectivity index (χ1) is 32.2. The van der Waals surface area contributed by atoms with E-state index >= 15 is 0 Å². The monoisotopic (exact) mass is 1320 g/mol. The Morgan fingerprint density at radius 3 is 0.886 bits per heavy atom. The van der Waals surface area contributed by atoms with E-state index in [0.717, 1.165) is 55.8 Å². The van der Waals surface area contributed by atoms with Crippen LogP contribution in [0.15, 0.2) is 0 Å². The Balaban J connectivity index is -0.000000516. The van der Waals surface area contributed by atoms with Gasteiger partial charge in [0.05, 0.1) is 32.8 Å². The second-order valence-corrected chi connectivity index (χ2v) is 49.8. The molecular formula is C54H128I2N2O6Si6. The van der Waals surface area contributed by atoms with Crippen molar-refractivity contribution < 1.29 is 54.4 Å². The molecule has 0 saturated heterocycles. The Kier molecular flexibility index (Phi) is 52.3. The first-order valence-electron chi connectivity index (χ1n) is 29.3. The van der Waals surface area contributed by atoms with Gasteiger partial charge in [-0.3, -0.25) is 0 Å². The molecule has 0 atom stereocenters. The third kappa shape index (κ3) is 50.0. The van der Waals surface area contributed by atoms with Gasteiger partial charge in [0.2, 0.25) is 0 Å². The van der Waals surface area contributed by atoms with Crippen molar-refractivity contribution in [3.63, 3.8) is 0 Å². The SMILES string of the molecule is CCCCN(CCCC)CCCC.CCCC[N+](CCCC)(CCCC)CCOCCC[Si](C)(C)O[Si](C)(C)O[Si](C)(C)CCCC.CCCC[Si](C)(C)O[Si](C)(C)O[Si](C)(C)CCCOCCI.[I-]. The quantitative estimate of drug-likeness (QED) is 0.0198. The Morgan fingerprint density at radius 1 is 0.343 bits per heavy atom. The lowest BCUT2D eigenvalue weighted by Gasteiger charge is -2.39. The highest BCUT2D eigenvalue weighted by Gasteiger charge is 2.40. The molecule has 0 radical (unpaired) electrons. The molecule has 0 heterocycles. The number of quaternary nitrogens is 1. The number of unbranched alkanes of at least 4 members (excludes halogenated alkanes) is 8. The summed E-state index contributed by atoms with van der Waals surface area (Å²) in [7, 11) is -10.7. The van der Waals surface area contributed by atoms with Crippen molar-refractivity contribution in [2.45, 2.75) is 274 Å². The highest BCUT2D eigenvalue weighted by atomic mass is 127. The molecule has 0 bridgehead atoms. The minimum atomic E-state index is -2.08. The summed E-state index contributed by atoms with van der Waals surface area (Å²) in [6.45, 7) is 58.7. The van der Waals surface area contributed by atoms with Gasteiger partial charge in [0.15, 0.2) is 33.3 Å². The number of halogens is 2. The second-order valence-electron chi connectivity index (χ2n) is 23.8. The molecule has 0 amide bonds. The van der Waals surface area contributed by atoms with Crippen molar-refractivity contribution in [1.82, 2.24) is 4.90 Å². The van der Waals surface area contributed by atoms with Crippen LogP contribution in [0.1, 0.15) is 171 Å². The minimum Gasteiger partial charge on any atom is -1.00 e. The van der Waals surface area contributed by atoms with Crippen molar-refractivity contribution in [2.24, 2.45) is 0 Å². The Morgan fingerprint density at radius 2 is 0.614 bits per heavy atom. The largest absolute Gasteiger partial charge is 1.00 e. The predicted octanol–water partition coefficient (Wildman–Crippen LogP) is 15.0. The van der Waals surface area contributed by atoms with Crippen LogP contribution in [0.3, 0.4) is 0 Å². The zero-order chi connectivity index (χ0) is 53.4. The van der Waals surface area contributed by atoms with Crippen molar-refractivity contribution in [3.8, 4) is 0 Å². The molecule has 0 aromatic rings. The molecule has 0 aliphatic rings. The maximum Gasteiger partial charge on any atom is 0.311 e. The third-order valence-electron chi connectivity index (χ3n) is 12.9. The van der Waals surface area contributed by atoms with Crippen LogP contribution in [0.4, 0.5) is 0 Å². The Hall–Kier alpha value is 2.44. The fraction of sp³-hybridized carbons (Fsp3) is 1.00. The molecule has 8 nitrogen and oxygen atoms in total. The normalized spacial score (nSPS) is 12.9. The molecule has 70 heavy (non-hydrogen) atoms. The summed E-state index contributed by atoms with van der Waals surface area (Å²) >= 11 is 2.35. The lowest BCUT2D eigenvalue weighted by molar-refractivity contribution is -0.929. The molecule has 0 fully saturated rings. The van der Waals surface area contributed by atoms with E-state index in [9.17, 15) is 0 Å². The van der Waals surface area contributed by atoms with E-state index in [1.807, 2.05) is 0 Å². The van der Waals surface area contributed by atoms with Crippen LogP contribution in [0, 0.1) is 0 Å². The zero-order valence-electron chi connectivity index (χ0n) is 51.1. The fourth-order valence-electron chi connectivity index (χ4n) is 9.46. The maximum absolute atomic E-state index is 6.77. The van der Waals surface area contributed by atoms with Crippen molar-refractivity contribution in [3.05, 3.63) is 0 Å². The smallest absolute Gasteiger partial charge is 0.311 e. The van der Waals surface area contributed by atoms with Gasteiger partial charge in [0.1, 0.15) is 6.54 Å². The van der Waals surface area contributed by atoms with E-state index in [1.54, 1.807) is 0 Å². The lowest BCUT2D eigenvalue weighted by Crippen LogP contribution is -3.00. The molecule has 0 aliphatic heterocycles. The summed E-state index contributed by atoms with van der Waals surface area (Å²) < 4.78 is 40.8. The van der Waals surface area contributed by atoms with Gasteiger partial charge in [-0.15, -0.1) is 0 Å². The van der Waals surface area contributed by atoms with Crippen LogP contribution >= 0.6 is 22.6 Å². The summed E-state index contributed by atoms with van der Waals surface area (Å²) in [6.07, 6.45) is 23.2. The van der Waals surface area contributed by atoms with Crippen LogP contribution < -0.4 is 24.0 Å². The summed E-state index contributed by atoms with van der Waals surface area (Å²) in [4.78, 5) is 2.64. The van der Waals surface area contributed by atoms with Crippen LogP contribution in [0.5, 0.6) is 0 Å². The number of alkyl halides is 1. The summed E-state index contributed by atoms with van der Waals surface area (Å²) in [5.41, 5.74) is 0. The molecule has 0 unspecified atom stereocenters. The van der Waals surface area contributed by atoms with Gasteiger partial charge in [-0.2, -0.15) is 0 Å². The highest BCUT2D eigenvalue weighted by Crippen LogP contribution is 2.28. The molecule has 0 aromatic carbocycles. The highest BCUT2D eigenvalue weighted by molar-refractivity contribution is 14.1. The minimum absolute atomic E-state index is 0. The van der Waals surface area contributed by atoms with Gasteiger partial charge in [-0.1, -0.05) is 142 Å². The van der Waals surface area contributed by atoms with Crippen molar-refractivity contribution in [1.29, 1.82) is 0 Å². The lowest BCUT2D eigenvalue weighted by atomic mass is 10.1. The van der Waals surface area contributed by atoms with Crippen LogP contribution in [-0.2, 0) is 25.9 Å². The number of hydrogen-bond acceptors (Lipinski definition) is 7. The van der Waals surface area contributed by atoms with Crippen LogP contribution in [0.2, 0.25) is 103 Å². The van der Waals surface area contributed by atoms with Crippen LogP contribution in [0.25, 0.3) is 0 Å². The van der Waals surface area contributed by atoms with E-state index in [1.165, 1.54) is 165 Å². The molecule has 0 spiro atoms. The molecular weight excluding hydrogens is 1190 g/mol. The van der Waals surface area contributed by atoms with E-state index in [2.05, 4.69) is 161 Å². The molecule has 16 heteroatoms. The van der Waals surface area contributed by atoms with Gasteiger partial charge >= 0.3 is 17.1 Å². The molecule has 0 aromatic heterocycles. The van der Waals surface area contributed by atoms with Crippen molar-refractivity contribution >= 4 is 73.0 Å². The predicted molar refractivity (Wildman–Crippen MR) is 334 cm³/mol. The van der Waals surface area contributed by atoms with Gasteiger partial charge < -0.3 is 59.3 Å².